The zero-order valence-electron chi connectivity index (χ0n) is 13.8. The largest absolute Gasteiger partial charge is 0.497 e. The smallest absolute Gasteiger partial charge is 0.247 e. The molecule has 2 fully saturated rings. The number of amides is 1. The molecule has 1 saturated heterocycles. The maximum absolute atomic E-state index is 12.3. The molecule has 2 aromatic rings. The fraction of sp³-hybridized carbons (Fsp3) is 0.500. The first-order chi connectivity index (χ1) is 11.7. The third-order valence-corrected chi connectivity index (χ3v) is 4.77. The zero-order chi connectivity index (χ0) is 16.5. The molecule has 2 aliphatic rings. The summed E-state index contributed by atoms with van der Waals surface area (Å²) >= 11 is 0. The number of hydrogen-bond acceptors (Lipinski definition) is 5. The summed E-state index contributed by atoms with van der Waals surface area (Å²) in [6.45, 7) is 1.54. The molecule has 4 rings (SSSR count). The Bertz CT molecular complexity index is 739. The van der Waals surface area contributed by atoms with Crippen LogP contribution < -0.4 is 4.74 Å². The molecule has 6 nitrogen and oxygen atoms in total. The fourth-order valence-electron chi connectivity index (χ4n) is 3.24. The quantitative estimate of drug-likeness (QED) is 0.864. The number of nitrogens with zero attached hydrogens (tertiary/aromatic N) is 3. The third kappa shape index (κ3) is 3.00. The Morgan fingerprint density at radius 3 is 2.96 bits per heavy atom. The van der Waals surface area contributed by atoms with Crippen LogP contribution in [0.5, 0.6) is 5.75 Å². The predicted octanol–water partition coefficient (Wildman–Crippen LogP) is 2.86. The van der Waals surface area contributed by atoms with Gasteiger partial charge in [0.15, 0.2) is 0 Å². The lowest BCUT2D eigenvalue weighted by Gasteiger charge is -2.31. The summed E-state index contributed by atoms with van der Waals surface area (Å²) < 4.78 is 11.1. The molecule has 1 aliphatic heterocycles. The van der Waals surface area contributed by atoms with Gasteiger partial charge in [-0.25, -0.2) is 0 Å². The maximum atomic E-state index is 12.3. The Hall–Kier alpha value is -2.37. The van der Waals surface area contributed by atoms with Gasteiger partial charge < -0.3 is 14.1 Å². The number of aromatic nitrogens is 2. The highest BCUT2D eigenvalue weighted by Crippen LogP contribution is 2.34. The number of rotatable bonds is 4. The second-order valence-electron chi connectivity index (χ2n) is 6.58. The first-order valence-electron chi connectivity index (χ1n) is 8.51. The highest BCUT2D eigenvalue weighted by molar-refractivity contribution is 5.81. The van der Waals surface area contributed by atoms with Crippen LogP contribution in [0.25, 0.3) is 11.5 Å². The molecule has 1 saturated carbocycles. The van der Waals surface area contributed by atoms with E-state index in [1.165, 1.54) is 0 Å². The van der Waals surface area contributed by atoms with Gasteiger partial charge in [-0.15, -0.1) is 10.2 Å². The van der Waals surface area contributed by atoms with Gasteiger partial charge in [-0.05, 0) is 43.9 Å². The zero-order valence-corrected chi connectivity index (χ0v) is 13.8. The van der Waals surface area contributed by atoms with Crippen LogP contribution in [0.1, 0.15) is 37.5 Å². The Labute approximate surface area is 140 Å². The van der Waals surface area contributed by atoms with E-state index in [0.29, 0.717) is 24.2 Å². The lowest BCUT2D eigenvalue weighted by Crippen LogP contribution is -2.40. The molecule has 1 aliphatic carbocycles. The van der Waals surface area contributed by atoms with Crippen molar-refractivity contribution in [3.05, 3.63) is 30.2 Å². The molecule has 0 bridgehead atoms. The highest BCUT2D eigenvalue weighted by Gasteiger charge is 2.36. The van der Waals surface area contributed by atoms with Crippen molar-refractivity contribution < 1.29 is 13.9 Å². The molecular weight excluding hydrogens is 306 g/mol. The van der Waals surface area contributed by atoms with Crippen LogP contribution in [0.2, 0.25) is 0 Å². The van der Waals surface area contributed by atoms with Crippen LogP contribution >= 0.6 is 0 Å². The van der Waals surface area contributed by atoms with Crippen LogP contribution in [-0.2, 0) is 4.79 Å². The van der Waals surface area contributed by atoms with E-state index in [9.17, 15) is 4.79 Å². The van der Waals surface area contributed by atoms with E-state index in [4.69, 9.17) is 9.15 Å². The summed E-state index contributed by atoms with van der Waals surface area (Å²) in [5, 5.41) is 8.41. The Balaban J connectivity index is 1.50. The van der Waals surface area contributed by atoms with Gasteiger partial charge in [-0.1, -0.05) is 6.07 Å². The summed E-state index contributed by atoms with van der Waals surface area (Å²) in [5.74, 6) is 2.57. The van der Waals surface area contributed by atoms with Crippen molar-refractivity contribution >= 4 is 5.91 Å². The number of hydrogen-bond donors (Lipinski definition) is 0. The number of methoxy groups -OCH3 is 1. The van der Waals surface area contributed by atoms with E-state index in [2.05, 4.69) is 10.2 Å². The molecule has 0 radical (unpaired) electrons. The van der Waals surface area contributed by atoms with Gasteiger partial charge >= 0.3 is 0 Å². The van der Waals surface area contributed by atoms with Gasteiger partial charge in [-0.3, -0.25) is 4.79 Å². The van der Waals surface area contributed by atoms with E-state index in [-0.39, 0.29) is 11.8 Å². The van der Waals surface area contributed by atoms with Gasteiger partial charge in [0.05, 0.1) is 13.0 Å². The standard InChI is InChI=1S/C18H21N3O3/c1-23-15-6-2-4-13(10-15)16-19-20-17(24-16)14-5-3-9-21(11-14)18(22)12-7-8-12/h2,4,6,10,12,14H,3,5,7-9,11H2,1H3. The number of ether oxygens (including phenoxy) is 1. The topological polar surface area (TPSA) is 68.5 Å². The molecule has 6 heteroatoms. The molecule has 1 atom stereocenters. The van der Waals surface area contributed by atoms with E-state index in [1.54, 1.807) is 7.11 Å². The number of carbonyl (C=O) groups excluding carboxylic acids is 1. The average Bonchev–Trinajstić information content (AvgIpc) is 3.37. The fourth-order valence-corrected chi connectivity index (χ4v) is 3.24. The van der Waals surface area contributed by atoms with Crippen LogP contribution in [-0.4, -0.2) is 41.2 Å². The highest BCUT2D eigenvalue weighted by atomic mass is 16.5. The molecule has 1 aromatic carbocycles. The van der Waals surface area contributed by atoms with Crippen molar-refractivity contribution in [2.75, 3.05) is 20.2 Å². The van der Waals surface area contributed by atoms with E-state index >= 15 is 0 Å². The summed E-state index contributed by atoms with van der Waals surface area (Å²) in [5.41, 5.74) is 0.842. The Morgan fingerprint density at radius 2 is 2.17 bits per heavy atom. The van der Waals surface area contributed by atoms with E-state index in [1.807, 2.05) is 29.2 Å². The predicted molar refractivity (Wildman–Crippen MR) is 87.6 cm³/mol. The lowest BCUT2D eigenvalue weighted by atomic mass is 9.97. The summed E-state index contributed by atoms with van der Waals surface area (Å²) in [7, 11) is 1.63. The molecule has 24 heavy (non-hydrogen) atoms. The second-order valence-corrected chi connectivity index (χ2v) is 6.58. The van der Waals surface area contributed by atoms with Gasteiger partial charge in [0.25, 0.3) is 0 Å². The molecule has 1 amide bonds. The Morgan fingerprint density at radius 1 is 1.29 bits per heavy atom. The van der Waals surface area contributed by atoms with Crippen molar-refractivity contribution in [2.45, 2.75) is 31.6 Å². The van der Waals surface area contributed by atoms with Crippen molar-refractivity contribution in [1.29, 1.82) is 0 Å². The van der Waals surface area contributed by atoms with Crippen LogP contribution in [0, 0.1) is 5.92 Å². The van der Waals surface area contributed by atoms with Crippen molar-refractivity contribution in [3.63, 3.8) is 0 Å². The van der Waals surface area contributed by atoms with Gasteiger partial charge in [-0.2, -0.15) is 0 Å². The van der Waals surface area contributed by atoms with Crippen LogP contribution in [0.15, 0.2) is 28.7 Å². The minimum absolute atomic E-state index is 0.133. The van der Waals surface area contributed by atoms with Gasteiger partial charge in [0.2, 0.25) is 17.7 Å². The normalized spacial score (nSPS) is 20.9. The molecular formula is C18H21N3O3. The average molecular weight is 327 g/mol. The number of piperidine rings is 1. The summed E-state index contributed by atoms with van der Waals surface area (Å²) in [4.78, 5) is 14.3. The minimum atomic E-state index is 0.133. The van der Waals surface area contributed by atoms with Crippen molar-refractivity contribution in [3.8, 4) is 17.2 Å². The van der Waals surface area contributed by atoms with Crippen LogP contribution in [0.3, 0.4) is 0 Å². The minimum Gasteiger partial charge on any atom is -0.497 e. The van der Waals surface area contributed by atoms with Crippen LogP contribution in [0.4, 0.5) is 0 Å². The molecule has 1 unspecified atom stereocenters. The first kappa shape index (κ1) is 15.2. The van der Waals surface area contributed by atoms with E-state index in [0.717, 1.165) is 43.5 Å². The van der Waals surface area contributed by atoms with Gasteiger partial charge in [0, 0.05) is 24.6 Å². The molecule has 0 spiro atoms. The molecule has 1 aromatic heterocycles. The lowest BCUT2D eigenvalue weighted by molar-refractivity contribution is -0.133. The first-order valence-corrected chi connectivity index (χ1v) is 8.51. The summed E-state index contributed by atoms with van der Waals surface area (Å²) in [6.07, 6.45) is 4.05. The van der Waals surface area contributed by atoms with Gasteiger partial charge in [0.1, 0.15) is 5.75 Å². The second kappa shape index (κ2) is 6.26. The molecule has 126 valence electrons. The maximum Gasteiger partial charge on any atom is 0.247 e. The van der Waals surface area contributed by atoms with Crippen molar-refractivity contribution in [2.24, 2.45) is 5.92 Å². The monoisotopic (exact) mass is 327 g/mol. The van der Waals surface area contributed by atoms with Crippen molar-refractivity contribution in [1.82, 2.24) is 15.1 Å². The van der Waals surface area contributed by atoms with E-state index < -0.39 is 0 Å². The number of likely N-dealkylation sites (tertiary alicyclic amines) is 1. The Kier molecular flexibility index (Phi) is 3.96. The number of benzene rings is 1. The molecule has 2 heterocycles. The summed E-state index contributed by atoms with van der Waals surface area (Å²) in [6, 6.07) is 7.57. The third-order valence-electron chi connectivity index (χ3n) is 4.77. The SMILES string of the molecule is COc1cccc(-c2nnc(C3CCCN(C(=O)C4CC4)C3)o2)c1. The number of carbonyl (C=O) groups is 1. The molecule has 0 N–H and O–H groups in total.